The molecule has 4 heteroatoms. The van der Waals surface area contributed by atoms with Crippen molar-refractivity contribution in [3.63, 3.8) is 0 Å². The van der Waals surface area contributed by atoms with Crippen molar-refractivity contribution < 1.29 is 0 Å². The number of halogens is 1. The van der Waals surface area contributed by atoms with Gasteiger partial charge in [-0.15, -0.1) is 10.2 Å². The minimum absolute atomic E-state index is 0.576. The van der Waals surface area contributed by atoms with Gasteiger partial charge in [0, 0.05) is 12.5 Å². The SMILES string of the molecule is Clc1nnc(C2CC2)n1CCC1CC1. The van der Waals surface area contributed by atoms with Crippen LogP contribution in [0.25, 0.3) is 0 Å². The first-order valence-electron chi connectivity index (χ1n) is 5.43. The lowest BCUT2D eigenvalue weighted by atomic mass is 10.3. The minimum Gasteiger partial charge on any atom is -0.302 e. The van der Waals surface area contributed by atoms with Crippen LogP contribution in [0.4, 0.5) is 0 Å². The Morgan fingerprint density at radius 2 is 2.00 bits per heavy atom. The molecule has 0 radical (unpaired) electrons. The number of nitrogens with zero attached hydrogens (tertiary/aromatic N) is 3. The lowest BCUT2D eigenvalue weighted by Crippen LogP contribution is -2.03. The van der Waals surface area contributed by atoms with Gasteiger partial charge in [0.15, 0.2) is 0 Å². The Balaban J connectivity index is 1.74. The van der Waals surface area contributed by atoms with Crippen LogP contribution in [0.15, 0.2) is 0 Å². The summed E-state index contributed by atoms with van der Waals surface area (Å²) < 4.78 is 2.11. The van der Waals surface area contributed by atoms with Crippen LogP contribution in [0, 0.1) is 5.92 Å². The Morgan fingerprint density at radius 1 is 1.21 bits per heavy atom. The molecule has 0 N–H and O–H groups in total. The summed E-state index contributed by atoms with van der Waals surface area (Å²) in [6, 6.07) is 0. The fourth-order valence-electron chi connectivity index (χ4n) is 1.86. The number of rotatable bonds is 4. The molecule has 76 valence electrons. The van der Waals surface area contributed by atoms with Crippen molar-refractivity contribution in [2.75, 3.05) is 0 Å². The lowest BCUT2D eigenvalue weighted by Gasteiger charge is -2.05. The quantitative estimate of drug-likeness (QED) is 0.767. The fourth-order valence-corrected chi connectivity index (χ4v) is 2.07. The fraction of sp³-hybridized carbons (Fsp3) is 0.800. The first-order chi connectivity index (χ1) is 6.84. The topological polar surface area (TPSA) is 30.7 Å². The van der Waals surface area contributed by atoms with Crippen molar-refractivity contribution in [1.29, 1.82) is 0 Å². The molecular weight excluding hydrogens is 198 g/mol. The first-order valence-corrected chi connectivity index (χ1v) is 5.81. The molecule has 3 rings (SSSR count). The highest BCUT2D eigenvalue weighted by atomic mass is 35.5. The highest BCUT2D eigenvalue weighted by molar-refractivity contribution is 6.28. The minimum atomic E-state index is 0.576. The van der Waals surface area contributed by atoms with Crippen molar-refractivity contribution >= 4 is 11.6 Å². The van der Waals surface area contributed by atoms with Crippen LogP contribution in [0.2, 0.25) is 5.28 Å². The van der Waals surface area contributed by atoms with Crippen LogP contribution in [0.3, 0.4) is 0 Å². The highest BCUT2D eigenvalue weighted by Gasteiger charge is 2.30. The van der Waals surface area contributed by atoms with Gasteiger partial charge in [-0.1, -0.05) is 12.8 Å². The molecule has 0 spiro atoms. The van der Waals surface area contributed by atoms with Gasteiger partial charge in [-0.2, -0.15) is 0 Å². The molecule has 1 aromatic heterocycles. The van der Waals surface area contributed by atoms with Crippen LogP contribution in [0.5, 0.6) is 0 Å². The van der Waals surface area contributed by atoms with Gasteiger partial charge in [-0.3, -0.25) is 0 Å². The third kappa shape index (κ3) is 1.65. The second-order valence-corrected chi connectivity index (χ2v) is 4.82. The van der Waals surface area contributed by atoms with E-state index in [0.29, 0.717) is 11.2 Å². The van der Waals surface area contributed by atoms with E-state index in [9.17, 15) is 0 Å². The maximum atomic E-state index is 6.01. The predicted molar refractivity (Wildman–Crippen MR) is 54.3 cm³/mol. The van der Waals surface area contributed by atoms with E-state index in [1.54, 1.807) is 0 Å². The van der Waals surface area contributed by atoms with E-state index in [0.717, 1.165) is 18.3 Å². The van der Waals surface area contributed by atoms with E-state index in [-0.39, 0.29) is 0 Å². The largest absolute Gasteiger partial charge is 0.302 e. The molecular formula is C10H14ClN3. The standard InChI is InChI=1S/C10H14ClN3/c11-10-13-12-9(8-3-4-8)14(10)6-5-7-1-2-7/h7-8H,1-6H2. The van der Waals surface area contributed by atoms with Crippen molar-refractivity contribution in [2.45, 2.75) is 44.6 Å². The van der Waals surface area contributed by atoms with Crippen molar-refractivity contribution in [3.05, 3.63) is 11.1 Å². The molecule has 2 aliphatic rings. The molecule has 0 aromatic carbocycles. The van der Waals surface area contributed by atoms with Gasteiger partial charge in [0.1, 0.15) is 5.82 Å². The summed E-state index contributed by atoms with van der Waals surface area (Å²) in [7, 11) is 0. The highest BCUT2D eigenvalue weighted by Crippen LogP contribution is 2.40. The number of hydrogen-bond donors (Lipinski definition) is 0. The zero-order valence-corrected chi connectivity index (χ0v) is 8.87. The molecule has 0 amide bonds. The number of aromatic nitrogens is 3. The Bertz CT molecular complexity index is 339. The molecule has 1 aromatic rings. The van der Waals surface area contributed by atoms with E-state index in [1.807, 2.05) is 0 Å². The molecule has 3 nitrogen and oxygen atoms in total. The Kier molecular flexibility index (Phi) is 2.01. The molecule has 0 unspecified atom stereocenters. The maximum Gasteiger partial charge on any atom is 0.225 e. The summed E-state index contributed by atoms with van der Waals surface area (Å²) >= 11 is 6.01. The van der Waals surface area contributed by atoms with Gasteiger partial charge >= 0.3 is 0 Å². The van der Waals surface area contributed by atoms with Crippen LogP contribution in [-0.2, 0) is 6.54 Å². The lowest BCUT2D eigenvalue weighted by molar-refractivity contribution is 0.574. The average Bonchev–Trinajstić information content (AvgIpc) is 3.04. The molecule has 2 aliphatic carbocycles. The summed E-state index contributed by atoms with van der Waals surface area (Å²) in [6.07, 6.45) is 6.57. The first kappa shape index (κ1) is 8.72. The van der Waals surface area contributed by atoms with Crippen molar-refractivity contribution in [1.82, 2.24) is 14.8 Å². The molecule has 2 saturated carbocycles. The van der Waals surface area contributed by atoms with E-state index < -0.39 is 0 Å². The number of hydrogen-bond acceptors (Lipinski definition) is 2. The van der Waals surface area contributed by atoms with Crippen LogP contribution in [0.1, 0.15) is 43.8 Å². The van der Waals surface area contributed by atoms with Gasteiger partial charge in [-0.25, -0.2) is 0 Å². The predicted octanol–water partition coefficient (Wildman–Crippen LogP) is 2.61. The second-order valence-electron chi connectivity index (χ2n) is 4.49. The molecule has 0 bridgehead atoms. The van der Waals surface area contributed by atoms with Gasteiger partial charge < -0.3 is 4.57 Å². The Hall–Kier alpha value is -0.570. The maximum absolute atomic E-state index is 6.01. The van der Waals surface area contributed by atoms with Gasteiger partial charge in [0.25, 0.3) is 0 Å². The van der Waals surface area contributed by atoms with Crippen molar-refractivity contribution in [3.8, 4) is 0 Å². The summed E-state index contributed by atoms with van der Waals surface area (Å²) in [5.41, 5.74) is 0. The van der Waals surface area contributed by atoms with Crippen LogP contribution < -0.4 is 0 Å². The summed E-state index contributed by atoms with van der Waals surface area (Å²) in [5.74, 6) is 2.71. The molecule has 0 atom stereocenters. The zero-order chi connectivity index (χ0) is 9.54. The average molecular weight is 212 g/mol. The molecule has 1 heterocycles. The van der Waals surface area contributed by atoms with E-state index in [4.69, 9.17) is 11.6 Å². The van der Waals surface area contributed by atoms with Crippen molar-refractivity contribution in [2.24, 2.45) is 5.92 Å². The second kappa shape index (κ2) is 3.23. The van der Waals surface area contributed by atoms with Gasteiger partial charge in [0.05, 0.1) is 0 Å². The van der Waals surface area contributed by atoms with Gasteiger partial charge in [-0.05, 0) is 36.8 Å². The molecule has 0 saturated heterocycles. The summed E-state index contributed by atoms with van der Waals surface area (Å²) in [6.45, 7) is 1.02. The third-order valence-corrected chi connectivity index (χ3v) is 3.41. The molecule has 14 heavy (non-hydrogen) atoms. The Morgan fingerprint density at radius 3 is 2.64 bits per heavy atom. The normalized spacial score (nSPS) is 21.5. The van der Waals surface area contributed by atoms with E-state index >= 15 is 0 Å². The summed E-state index contributed by atoms with van der Waals surface area (Å²) in [4.78, 5) is 0. The molecule has 0 aliphatic heterocycles. The molecule has 2 fully saturated rings. The van der Waals surface area contributed by atoms with Gasteiger partial charge in [0.2, 0.25) is 5.28 Å². The van der Waals surface area contributed by atoms with Crippen LogP contribution in [-0.4, -0.2) is 14.8 Å². The smallest absolute Gasteiger partial charge is 0.225 e. The zero-order valence-electron chi connectivity index (χ0n) is 8.12. The Labute approximate surface area is 88.5 Å². The summed E-state index contributed by atoms with van der Waals surface area (Å²) in [5, 5.41) is 8.69. The van der Waals surface area contributed by atoms with E-state index in [1.165, 1.54) is 32.1 Å². The van der Waals surface area contributed by atoms with E-state index in [2.05, 4.69) is 14.8 Å². The third-order valence-electron chi connectivity index (χ3n) is 3.13. The van der Waals surface area contributed by atoms with Crippen LogP contribution >= 0.6 is 11.6 Å². The monoisotopic (exact) mass is 211 g/mol.